The van der Waals surface area contributed by atoms with Crippen LogP contribution in [0.15, 0.2) is 30.6 Å². The SMILES string of the molecule is Cc1cc(CN2CCCC(O)(Cn3ccnn3)C2)ccc1F. The van der Waals surface area contributed by atoms with E-state index < -0.39 is 5.60 Å². The molecule has 1 N–H and O–H groups in total. The zero-order chi connectivity index (χ0) is 15.6. The fourth-order valence-corrected chi connectivity index (χ4v) is 3.15. The predicted molar refractivity (Wildman–Crippen MR) is 80.6 cm³/mol. The Bertz CT molecular complexity index is 631. The van der Waals surface area contributed by atoms with E-state index >= 15 is 0 Å². The molecule has 1 aliphatic rings. The minimum absolute atomic E-state index is 0.176. The number of aliphatic hydroxyl groups is 1. The molecule has 1 unspecified atom stereocenters. The molecule has 118 valence electrons. The van der Waals surface area contributed by atoms with Crippen molar-refractivity contribution in [1.82, 2.24) is 19.9 Å². The van der Waals surface area contributed by atoms with E-state index in [9.17, 15) is 9.50 Å². The summed E-state index contributed by atoms with van der Waals surface area (Å²) in [5.41, 5.74) is 0.942. The quantitative estimate of drug-likeness (QED) is 0.935. The van der Waals surface area contributed by atoms with Gasteiger partial charge in [-0.05, 0) is 43.5 Å². The number of aromatic nitrogens is 3. The van der Waals surface area contributed by atoms with Crippen LogP contribution in [0.25, 0.3) is 0 Å². The normalized spacial score (nSPS) is 22.9. The molecule has 1 atom stereocenters. The average molecular weight is 304 g/mol. The molecule has 0 amide bonds. The maximum absolute atomic E-state index is 13.3. The van der Waals surface area contributed by atoms with Crippen LogP contribution in [0.2, 0.25) is 0 Å². The summed E-state index contributed by atoms with van der Waals surface area (Å²) in [6.07, 6.45) is 5.07. The largest absolute Gasteiger partial charge is 0.387 e. The van der Waals surface area contributed by atoms with Crippen LogP contribution < -0.4 is 0 Å². The molecule has 0 aliphatic carbocycles. The Morgan fingerprint density at radius 2 is 2.27 bits per heavy atom. The third-order valence-corrected chi connectivity index (χ3v) is 4.19. The van der Waals surface area contributed by atoms with E-state index in [1.165, 1.54) is 6.07 Å². The second-order valence-electron chi connectivity index (χ2n) is 6.22. The van der Waals surface area contributed by atoms with E-state index in [2.05, 4.69) is 15.2 Å². The number of likely N-dealkylation sites (tertiary alicyclic amines) is 1. The number of hydrogen-bond donors (Lipinski definition) is 1. The zero-order valence-electron chi connectivity index (χ0n) is 12.7. The van der Waals surface area contributed by atoms with Crippen LogP contribution in [-0.4, -0.2) is 43.7 Å². The van der Waals surface area contributed by atoms with Gasteiger partial charge in [0.05, 0.1) is 18.3 Å². The summed E-state index contributed by atoms with van der Waals surface area (Å²) in [5, 5.41) is 18.5. The van der Waals surface area contributed by atoms with Gasteiger partial charge in [-0.2, -0.15) is 0 Å². The maximum atomic E-state index is 13.3. The number of piperidine rings is 1. The minimum Gasteiger partial charge on any atom is -0.387 e. The van der Waals surface area contributed by atoms with Gasteiger partial charge in [0.2, 0.25) is 0 Å². The lowest BCUT2D eigenvalue weighted by Crippen LogP contribution is -2.50. The Morgan fingerprint density at radius 1 is 1.41 bits per heavy atom. The van der Waals surface area contributed by atoms with Gasteiger partial charge < -0.3 is 5.11 Å². The first kappa shape index (κ1) is 15.1. The molecule has 6 heteroatoms. The van der Waals surface area contributed by atoms with Gasteiger partial charge in [0.1, 0.15) is 5.82 Å². The third kappa shape index (κ3) is 3.51. The van der Waals surface area contributed by atoms with E-state index in [1.54, 1.807) is 24.0 Å². The lowest BCUT2D eigenvalue weighted by atomic mass is 9.92. The van der Waals surface area contributed by atoms with Crippen molar-refractivity contribution in [2.45, 2.75) is 38.5 Å². The average Bonchev–Trinajstić information content (AvgIpc) is 2.95. The first-order chi connectivity index (χ1) is 10.5. The summed E-state index contributed by atoms with van der Waals surface area (Å²) < 4.78 is 15.0. The molecule has 3 rings (SSSR count). The first-order valence-corrected chi connectivity index (χ1v) is 7.58. The van der Waals surface area contributed by atoms with Crippen LogP contribution in [0.4, 0.5) is 4.39 Å². The van der Waals surface area contributed by atoms with Crippen LogP contribution in [0.1, 0.15) is 24.0 Å². The molecule has 1 saturated heterocycles. The van der Waals surface area contributed by atoms with Crippen LogP contribution in [0.3, 0.4) is 0 Å². The van der Waals surface area contributed by atoms with Crippen molar-refractivity contribution >= 4 is 0 Å². The highest BCUT2D eigenvalue weighted by molar-refractivity contribution is 5.24. The molecule has 0 bridgehead atoms. The van der Waals surface area contributed by atoms with Crippen molar-refractivity contribution in [3.8, 4) is 0 Å². The van der Waals surface area contributed by atoms with Gasteiger partial charge in [-0.15, -0.1) is 5.10 Å². The van der Waals surface area contributed by atoms with Gasteiger partial charge in [0, 0.05) is 19.3 Å². The van der Waals surface area contributed by atoms with E-state index in [0.717, 1.165) is 31.5 Å². The number of halogens is 1. The van der Waals surface area contributed by atoms with E-state index in [0.29, 0.717) is 18.7 Å². The monoisotopic (exact) mass is 304 g/mol. The number of rotatable bonds is 4. The van der Waals surface area contributed by atoms with Crippen molar-refractivity contribution in [1.29, 1.82) is 0 Å². The van der Waals surface area contributed by atoms with E-state index in [4.69, 9.17) is 0 Å². The molecule has 2 aromatic rings. The van der Waals surface area contributed by atoms with E-state index in [1.807, 2.05) is 12.1 Å². The van der Waals surface area contributed by atoms with Crippen molar-refractivity contribution in [3.05, 3.63) is 47.5 Å². The smallest absolute Gasteiger partial charge is 0.126 e. The van der Waals surface area contributed by atoms with Gasteiger partial charge in [0.25, 0.3) is 0 Å². The Hall–Kier alpha value is -1.79. The minimum atomic E-state index is -0.791. The van der Waals surface area contributed by atoms with Crippen molar-refractivity contribution < 1.29 is 9.50 Å². The van der Waals surface area contributed by atoms with Crippen LogP contribution in [0.5, 0.6) is 0 Å². The highest BCUT2D eigenvalue weighted by Gasteiger charge is 2.33. The third-order valence-electron chi connectivity index (χ3n) is 4.19. The fraction of sp³-hybridized carbons (Fsp3) is 0.500. The molecular weight excluding hydrogens is 283 g/mol. The highest BCUT2D eigenvalue weighted by Crippen LogP contribution is 2.24. The maximum Gasteiger partial charge on any atom is 0.126 e. The van der Waals surface area contributed by atoms with Gasteiger partial charge in [-0.25, -0.2) is 9.07 Å². The number of aryl methyl sites for hydroxylation is 1. The number of hydrogen-bond acceptors (Lipinski definition) is 4. The summed E-state index contributed by atoms with van der Waals surface area (Å²) in [5.74, 6) is -0.176. The standard InChI is InChI=1S/C16H21FN4O/c1-13-9-14(3-4-15(13)17)10-20-7-2-5-16(22,11-20)12-21-8-6-18-19-21/h3-4,6,8-9,22H,2,5,7,10-12H2,1H3. The predicted octanol–water partition coefficient (Wildman–Crippen LogP) is 1.75. The molecule has 5 nitrogen and oxygen atoms in total. The fourth-order valence-electron chi connectivity index (χ4n) is 3.15. The molecule has 1 aliphatic heterocycles. The van der Waals surface area contributed by atoms with Crippen LogP contribution >= 0.6 is 0 Å². The molecule has 1 aromatic heterocycles. The second kappa shape index (κ2) is 6.14. The number of benzene rings is 1. The summed E-state index contributed by atoms with van der Waals surface area (Å²) in [7, 11) is 0. The van der Waals surface area contributed by atoms with Crippen molar-refractivity contribution in [3.63, 3.8) is 0 Å². The van der Waals surface area contributed by atoms with Gasteiger partial charge in [-0.3, -0.25) is 4.90 Å². The lowest BCUT2D eigenvalue weighted by molar-refractivity contribution is -0.0478. The Kier molecular flexibility index (Phi) is 4.22. The molecule has 22 heavy (non-hydrogen) atoms. The van der Waals surface area contributed by atoms with Gasteiger partial charge in [-0.1, -0.05) is 17.3 Å². The van der Waals surface area contributed by atoms with Crippen LogP contribution in [0, 0.1) is 12.7 Å². The van der Waals surface area contributed by atoms with Gasteiger partial charge >= 0.3 is 0 Å². The Morgan fingerprint density at radius 3 is 3.00 bits per heavy atom. The second-order valence-corrected chi connectivity index (χ2v) is 6.22. The summed E-state index contributed by atoms with van der Waals surface area (Å²) in [4.78, 5) is 2.22. The number of nitrogens with zero attached hydrogens (tertiary/aromatic N) is 4. The molecule has 2 heterocycles. The molecular formula is C16H21FN4O. The summed E-state index contributed by atoms with van der Waals surface area (Å²) in [6, 6.07) is 5.20. The topological polar surface area (TPSA) is 54.2 Å². The highest BCUT2D eigenvalue weighted by atomic mass is 19.1. The summed E-state index contributed by atoms with van der Waals surface area (Å²) in [6.45, 7) is 4.47. The molecule has 1 aromatic carbocycles. The first-order valence-electron chi connectivity index (χ1n) is 7.58. The Labute approximate surface area is 129 Å². The molecule has 0 saturated carbocycles. The molecule has 0 radical (unpaired) electrons. The Balaban J connectivity index is 1.66. The molecule has 0 spiro atoms. The number of β-amino-alcohol motifs (C(OH)–C–C–N with tert-alkyl or cyclic N) is 1. The van der Waals surface area contributed by atoms with E-state index in [-0.39, 0.29) is 5.82 Å². The zero-order valence-corrected chi connectivity index (χ0v) is 12.7. The lowest BCUT2D eigenvalue weighted by Gasteiger charge is -2.39. The summed E-state index contributed by atoms with van der Waals surface area (Å²) >= 11 is 0. The van der Waals surface area contributed by atoms with Gasteiger partial charge in [0.15, 0.2) is 0 Å². The van der Waals surface area contributed by atoms with Crippen molar-refractivity contribution in [2.24, 2.45) is 0 Å². The molecule has 1 fully saturated rings. The van der Waals surface area contributed by atoms with Crippen LogP contribution in [-0.2, 0) is 13.1 Å². The van der Waals surface area contributed by atoms with Crippen molar-refractivity contribution in [2.75, 3.05) is 13.1 Å².